The van der Waals surface area contributed by atoms with Crippen LogP contribution < -0.4 is 5.56 Å². The number of halogens is 2. The number of carbonyl (C=O) groups excluding carboxylic acids is 3. The second-order valence-electron chi connectivity index (χ2n) is 7.24. The maximum atomic E-state index is 13.4. The standard InChI is InChI=1S/C22H22ClFN2O5/c1-2-31-22(30)15-4-3-11-25(12-15)21(29)19(26-13-16(23)7-10-18(26)27)20(28)14-5-8-17(24)9-6-14/h5-10,13,15,19H,2-4,11-12H2,1H3/t15-,19-/m0/s1. The molecular weight excluding hydrogens is 427 g/mol. The maximum absolute atomic E-state index is 13.4. The molecule has 0 radical (unpaired) electrons. The normalized spacial score (nSPS) is 17.1. The van der Waals surface area contributed by atoms with Crippen molar-refractivity contribution in [1.29, 1.82) is 0 Å². The molecule has 3 rings (SSSR count). The van der Waals surface area contributed by atoms with E-state index < -0.39 is 41.0 Å². The molecule has 1 amide bonds. The molecule has 2 aromatic rings. The average molecular weight is 449 g/mol. The van der Waals surface area contributed by atoms with Gasteiger partial charge in [-0.25, -0.2) is 4.39 Å². The molecule has 1 aliphatic rings. The molecule has 0 spiro atoms. The number of Topliss-reactive ketones (excluding diaryl/α,β-unsaturated/α-hetero) is 1. The van der Waals surface area contributed by atoms with Crippen molar-refractivity contribution in [3.63, 3.8) is 0 Å². The Hall–Kier alpha value is -3.00. The molecule has 1 saturated heterocycles. The molecule has 0 bridgehead atoms. The summed E-state index contributed by atoms with van der Waals surface area (Å²) in [6, 6.07) is 5.72. The van der Waals surface area contributed by atoms with Crippen molar-refractivity contribution in [2.45, 2.75) is 25.8 Å². The fourth-order valence-electron chi connectivity index (χ4n) is 3.61. The van der Waals surface area contributed by atoms with E-state index in [0.29, 0.717) is 19.4 Å². The Morgan fingerprint density at radius 1 is 1.19 bits per heavy atom. The number of benzene rings is 1. The molecule has 0 aliphatic carbocycles. The van der Waals surface area contributed by atoms with Crippen molar-refractivity contribution in [3.8, 4) is 0 Å². The number of aromatic nitrogens is 1. The van der Waals surface area contributed by atoms with Crippen LogP contribution in [-0.4, -0.2) is 46.8 Å². The number of ether oxygens (including phenoxy) is 1. The molecule has 0 N–H and O–H groups in total. The number of esters is 1. The third-order valence-electron chi connectivity index (χ3n) is 5.14. The average Bonchev–Trinajstić information content (AvgIpc) is 2.77. The highest BCUT2D eigenvalue weighted by Crippen LogP contribution is 2.24. The fraction of sp³-hybridized carbons (Fsp3) is 0.364. The first-order valence-corrected chi connectivity index (χ1v) is 10.3. The highest BCUT2D eigenvalue weighted by Gasteiger charge is 2.37. The molecule has 31 heavy (non-hydrogen) atoms. The lowest BCUT2D eigenvalue weighted by Gasteiger charge is -2.34. The summed E-state index contributed by atoms with van der Waals surface area (Å²) in [7, 11) is 0. The van der Waals surface area contributed by atoms with Gasteiger partial charge < -0.3 is 9.64 Å². The number of pyridine rings is 1. The lowest BCUT2D eigenvalue weighted by molar-refractivity contribution is -0.151. The van der Waals surface area contributed by atoms with Gasteiger partial charge in [-0.05, 0) is 50.1 Å². The highest BCUT2D eigenvalue weighted by atomic mass is 35.5. The molecule has 1 aliphatic heterocycles. The minimum atomic E-state index is -1.53. The lowest BCUT2D eigenvalue weighted by Crippen LogP contribution is -2.48. The molecule has 2 atom stereocenters. The first kappa shape index (κ1) is 22.7. The number of nitrogens with zero attached hydrogens (tertiary/aromatic N) is 2. The van der Waals surface area contributed by atoms with Crippen molar-refractivity contribution in [2.75, 3.05) is 19.7 Å². The van der Waals surface area contributed by atoms with Crippen LogP contribution in [-0.2, 0) is 14.3 Å². The zero-order chi connectivity index (χ0) is 22.5. The molecule has 7 nitrogen and oxygen atoms in total. The van der Waals surface area contributed by atoms with Crippen molar-refractivity contribution >= 4 is 29.3 Å². The molecule has 1 aromatic carbocycles. The second-order valence-corrected chi connectivity index (χ2v) is 7.68. The summed E-state index contributed by atoms with van der Waals surface area (Å²) in [5.41, 5.74) is -0.511. The van der Waals surface area contributed by atoms with Gasteiger partial charge in [0.15, 0.2) is 11.8 Å². The molecule has 1 aromatic heterocycles. The predicted molar refractivity (Wildman–Crippen MR) is 111 cm³/mol. The van der Waals surface area contributed by atoms with Crippen molar-refractivity contribution < 1.29 is 23.5 Å². The number of piperidine rings is 1. The second kappa shape index (κ2) is 9.87. The maximum Gasteiger partial charge on any atom is 0.310 e. The minimum absolute atomic E-state index is 0.0746. The van der Waals surface area contributed by atoms with Crippen molar-refractivity contribution in [2.24, 2.45) is 5.92 Å². The van der Waals surface area contributed by atoms with E-state index in [2.05, 4.69) is 0 Å². The third kappa shape index (κ3) is 5.19. The van der Waals surface area contributed by atoms with Crippen LogP contribution >= 0.6 is 11.6 Å². The SMILES string of the molecule is CCOC(=O)[C@H]1CCCN(C(=O)[C@H](C(=O)c2ccc(F)cc2)n2cc(Cl)ccc2=O)C1. The van der Waals surface area contributed by atoms with Gasteiger partial charge in [-0.15, -0.1) is 0 Å². The number of ketones is 1. The van der Waals surface area contributed by atoms with Gasteiger partial charge in [0.1, 0.15) is 5.82 Å². The van der Waals surface area contributed by atoms with E-state index in [-0.39, 0.29) is 23.7 Å². The van der Waals surface area contributed by atoms with Gasteiger partial charge in [0.2, 0.25) is 0 Å². The number of likely N-dealkylation sites (tertiary alicyclic amines) is 1. The molecule has 0 unspecified atom stereocenters. The van der Waals surface area contributed by atoms with Gasteiger partial charge in [0.25, 0.3) is 11.5 Å². The number of rotatable bonds is 6. The third-order valence-corrected chi connectivity index (χ3v) is 5.37. The molecule has 2 heterocycles. The zero-order valence-electron chi connectivity index (χ0n) is 16.9. The quantitative estimate of drug-likeness (QED) is 0.385. The first-order chi connectivity index (χ1) is 14.8. The Morgan fingerprint density at radius 2 is 1.90 bits per heavy atom. The lowest BCUT2D eigenvalue weighted by atomic mass is 9.96. The van der Waals surface area contributed by atoms with Crippen LogP contribution in [0.2, 0.25) is 5.02 Å². The fourth-order valence-corrected chi connectivity index (χ4v) is 3.78. The van der Waals surface area contributed by atoms with E-state index in [1.54, 1.807) is 6.92 Å². The van der Waals surface area contributed by atoms with Crippen LogP contribution in [0.3, 0.4) is 0 Å². The van der Waals surface area contributed by atoms with Gasteiger partial charge in [0, 0.05) is 30.9 Å². The van der Waals surface area contributed by atoms with Crippen LogP contribution in [0.1, 0.15) is 36.2 Å². The monoisotopic (exact) mass is 448 g/mol. The van der Waals surface area contributed by atoms with Crippen molar-refractivity contribution in [3.05, 3.63) is 69.4 Å². The van der Waals surface area contributed by atoms with Crippen LogP contribution in [0.4, 0.5) is 4.39 Å². The predicted octanol–water partition coefficient (Wildman–Crippen LogP) is 2.87. The van der Waals surface area contributed by atoms with Crippen LogP contribution in [0.25, 0.3) is 0 Å². The number of hydrogen-bond donors (Lipinski definition) is 0. The van der Waals surface area contributed by atoms with Crippen LogP contribution in [0.15, 0.2) is 47.4 Å². The van der Waals surface area contributed by atoms with Gasteiger partial charge in [-0.3, -0.25) is 23.7 Å². The molecule has 164 valence electrons. The summed E-state index contributed by atoms with van der Waals surface area (Å²) < 4.78 is 19.4. The first-order valence-electron chi connectivity index (χ1n) is 9.94. The number of carbonyl (C=O) groups is 3. The van der Waals surface area contributed by atoms with Gasteiger partial charge in [0.05, 0.1) is 17.5 Å². The summed E-state index contributed by atoms with van der Waals surface area (Å²) in [5.74, 6) is -2.75. The molecule has 9 heteroatoms. The van der Waals surface area contributed by atoms with Crippen LogP contribution in [0, 0.1) is 11.7 Å². The van der Waals surface area contributed by atoms with E-state index in [4.69, 9.17) is 16.3 Å². The zero-order valence-corrected chi connectivity index (χ0v) is 17.7. The smallest absolute Gasteiger partial charge is 0.310 e. The Labute approximate surface area is 183 Å². The number of amides is 1. The summed E-state index contributed by atoms with van der Waals surface area (Å²) in [6.07, 6.45) is 2.34. The van der Waals surface area contributed by atoms with Gasteiger partial charge >= 0.3 is 5.97 Å². The topological polar surface area (TPSA) is 85.7 Å². The van der Waals surface area contributed by atoms with Gasteiger partial charge in [-0.2, -0.15) is 0 Å². The Kier molecular flexibility index (Phi) is 7.22. The summed E-state index contributed by atoms with van der Waals surface area (Å²) in [5, 5.41) is 0.173. The Balaban J connectivity index is 1.97. The highest BCUT2D eigenvalue weighted by molar-refractivity contribution is 6.30. The molecular formula is C22H22ClFN2O5. The summed E-state index contributed by atoms with van der Waals surface area (Å²) in [4.78, 5) is 52.7. The number of hydrogen-bond acceptors (Lipinski definition) is 5. The minimum Gasteiger partial charge on any atom is -0.466 e. The van der Waals surface area contributed by atoms with E-state index in [9.17, 15) is 23.6 Å². The molecule has 1 fully saturated rings. The largest absolute Gasteiger partial charge is 0.466 e. The van der Waals surface area contributed by atoms with E-state index >= 15 is 0 Å². The van der Waals surface area contributed by atoms with Gasteiger partial charge in [-0.1, -0.05) is 11.6 Å². The van der Waals surface area contributed by atoms with Crippen LogP contribution in [0.5, 0.6) is 0 Å². The van der Waals surface area contributed by atoms with E-state index in [1.165, 1.54) is 29.3 Å². The summed E-state index contributed by atoms with van der Waals surface area (Å²) in [6.45, 7) is 2.34. The Bertz CT molecular complexity index is 1040. The molecule has 0 saturated carbocycles. The van der Waals surface area contributed by atoms with E-state index in [1.807, 2.05) is 0 Å². The summed E-state index contributed by atoms with van der Waals surface area (Å²) >= 11 is 6.02. The van der Waals surface area contributed by atoms with Crippen molar-refractivity contribution in [1.82, 2.24) is 9.47 Å². The Morgan fingerprint density at radius 3 is 2.58 bits per heavy atom. The van der Waals surface area contributed by atoms with E-state index in [0.717, 1.165) is 22.8 Å².